The molecule has 0 fully saturated rings. The number of alkyl halides is 3. The molecule has 1 atom stereocenters. The van der Waals surface area contributed by atoms with Crippen LogP contribution in [0.4, 0.5) is 19.0 Å². The van der Waals surface area contributed by atoms with Gasteiger partial charge in [0.05, 0.1) is 5.56 Å². The number of methoxy groups -OCH3 is 1. The summed E-state index contributed by atoms with van der Waals surface area (Å²) in [6.45, 7) is 0. The first kappa shape index (κ1) is 14.6. The lowest BCUT2D eigenvalue weighted by Crippen LogP contribution is -2.40. The Balaban J connectivity index is 2.19. The smallest absolute Gasteiger partial charge is 0.356 e. The van der Waals surface area contributed by atoms with Crippen molar-refractivity contribution in [2.24, 2.45) is 0 Å². The van der Waals surface area contributed by atoms with E-state index < -0.39 is 29.0 Å². The van der Waals surface area contributed by atoms with E-state index >= 15 is 0 Å². The first-order valence-corrected chi connectivity index (χ1v) is 5.75. The maximum atomic E-state index is 12.5. The van der Waals surface area contributed by atoms with Gasteiger partial charge in [-0.3, -0.25) is 10.2 Å². The molecular formula is C11H9ClF3N3O2. The number of hydrazine groups is 1. The third-order valence-corrected chi connectivity index (χ3v) is 2.81. The number of nitrogens with zero attached hydrogens (tertiary/aromatic N) is 2. The van der Waals surface area contributed by atoms with Crippen LogP contribution < -0.4 is 5.43 Å². The van der Waals surface area contributed by atoms with E-state index in [0.717, 1.165) is 17.1 Å². The highest BCUT2D eigenvalue weighted by Gasteiger charge is 2.34. The molecule has 9 heteroatoms. The molecule has 2 heterocycles. The van der Waals surface area contributed by atoms with Crippen LogP contribution in [0.2, 0.25) is 5.15 Å². The second-order valence-corrected chi connectivity index (χ2v) is 4.20. The highest BCUT2D eigenvalue weighted by atomic mass is 35.5. The monoisotopic (exact) mass is 307 g/mol. The van der Waals surface area contributed by atoms with Crippen LogP contribution in [-0.2, 0) is 15.7 Å². The van der Waals surface area contributed by atoms with E-state index in [1.54, 1.807) is 0 Å². The van der Waals surface area contributed by atoms with E-state index in [4.69, 9.17) is 16.3 Å². The largest absolute Gasteiger partial charge is 0.419 e. The number of rotatable bonds is 3. The van der Waals surface area contributed by atoms with Gasteiger partial charge in [0.15, 0.2) is 6.23 Å². The lowest BCUT2D eigenvalue weighted by atomic mass is 10.3. The van der Waals surface area contributed by atoms with Crippen LogP contribution in [0.3, 0.4) is 0 Å². The van der Waals surface area contributed by atoms with Crippen LogP contribution >= 0.6 is 11.6 Å². The predicted molar refractivity (Wildman–Crippen MR) is 64.7 cm³/mol. The molecule has 5 nitrogen and oxygen atoms in total. The molecule has 0 bridgehead atoms. The topological polar surface area (TPSA) is 54.5 Å². The van der Waals surface area contributed by atoms with Crippen LogP contribution in [0, 0.1) is 0 Å². The summed E-state index contributed by atoms with van der Waals surface area (Å²) in [6.07, 6.45) is -2.48. The molecular weight excluding hydrogens is 299 g/mol. The lowest BCUT2D eigenvalue weighted by Gasteiger charge is -2.24. The van der Waals surface area contributed by atoms with E-state index in [9.17, 15) is 18.0 Å². The number of nitrogens with one attached hydrogen (secondary N) is 1. The van der Waals surface area contributed by atoms with Crippen LogP contribution in [0.25, 0.3) is 0 Å². The molecule has 108 valence electrons. The van der Waals surface area contributed by atoms with E-state index in [-0.39, 0.29) is 5.82 Å². The van der Waals surface area contributed by atoms with Gasteiger partial charge in [0.2, 0.25) is 0 Å². The number of hydrogen-bond donors (Lipinski definition) is 1. The lowest BCUT2D eigenvalue weighted by molar-refractivity contribution is -0.137. The number of anilines is 1. The fraction of sp³-hybridized carbons (Fsp3) is 0.273. The van der Waals surface area contributed by atoms with E-state index in [0.29, 0.717) is 0 Å². The molecule has 1 aromatic heterocycles. The van der Waals surface area contributed by atoms with E-state index in [1.807, 2.05) is 0 Å². The van der Waals surface area contributed by atoms with E-state index in [1.165, 1.54) is 19.3 Å². The van der Waals surface area contributed by atoms with E-state index in [2.05, 4.69) is 10.4 Å². The van der Waals surface area contributed by atoms with Crippen molar-refractivity contribution in [1.82, 2.24) is 9.99 Å². The van der Waals surface area contributed by atoms with Gasteiger partial charge in [-0.15, -0.1) is 0 Å². The van der Waals surface area contributed by atoms with Gasteiger partial charge in [0.1, 0.15) is 11.0 Å². The summed E-state index contributed by atoms with van der Waals surface area (Å²) in [4.78, 5) is 15.1. The number of carbonyl (C=O) groups is 1. The molecule has 2 rings (SSSR count). The first-order valence-electron chi connectivity index (χ1n) is 5.37. The molecule has 0 aliphatic carbocycles. The minimum absolute atomic E-state index is 0.00194. The maximum Gasteiger partial charge on any atom is 0.419 e. The highest BCUT2D eigenvalue weighted by molar-refractivity contribution is 6.30. The first-order chi connectivity index (χ1) is 9.32. The zero-order valence-electron chi connectivity index (χ0n) is 10.1. The van der Waals surface area contributed by atoms with Crippen LogP contribution in [0.1, 0.15) is 5.56 Å². The van der Waals surface area contributed by atoms with Crippen molar-refractivity contribution in [3.63, 3.8) is 0 Å². The number of amides is 1. The van der Waals surface area contributed by atoms with Crippen molar-refractivity contribution >= 4 is 23.3 Å². The van der Waals surface area contributed by atoms with Gasteiger partial charge in [-0.2, -0.15) is 13.2 Å². The predicted octanol–water partition coefficient (Wildman–Crippen LogP) is 2.45. The average molecular weight is 308 g/mol. The van der Waals surface area contributed by atoms with Gasteiger partial charge in [0.25, 0.3) is 5.91 Å². The molecule has 1 aliphatic rings. The highest BCUT2D eigenvalue weighted by Crippen LogP contribution is 2.34. The molecule has 1 amide bonds. The Kier molecular flexibility index (Phi) is 3.87. The van der Waals surface area contributed by atoms with Gasteiger partial charge < -0.3 is 4.74 Å². The minimum atomic E-state index is -4.58. The van der Waals surface area contributed by atoms with Gasteiger partial charge in [-0.1, -0.05) is 11.6 Å². The second-order valence-electron chi connectivity index (χ2n) is 3.84. The molecule has 1 N–H and O–H groups in total. The second kappa shape index (κ2) is 5.29. The number of halogens is 4. The number of pyridine rings is 1. The average Bonchev–Trinajstić information content (AvgIpc) is 2.69. The molecule has 0 spiro atoms. The third kappa shape index (κ3) is 2.86. The zero-order valence-corrected chi connectivity index (χ0v) is 10.9. The Hall–Kier alpha value is -1.80. The molecule has 0 aromatic carbocycles. The summed E-state index contributed by atoms with van der Waals surface area (Å²) in [5.74, 6) is -0.406. The van der Waals surface area contributed by atoms with Gasteiger partial charge in [0, 0.05) is 13.2 Å². The van der Waals surface area contributed by atoms with Crippen LogP contribution in [-0.4, -0.2) is 29.2 Å². The summed E-state index contributed by atoms with van der Waals surface area (Å²) in [5, 5.41) is 0.377. The van der Waals surface area contributed by atoms with Gasteiger partial charge >= 0.3 is 6.18 Å². The Morgan fingerprint density at radius 3 is 2.70 bits per heavy atom. The number of aromatic nitrogens is 1. The van der Waals surface area contributed by atoms with Gasteiger partial charge in [-0.05, 0) is 18.2 Å². The normalized spacial score (nSPS) is 18.8. The van der Waals surface area contributed by atoms with Crippen molar-refractivity contribution in [3.8, 4) is 0 Å². The standard InChI is InChI=1S/C11H9ClF3N3O2/c1-20-9-5-4-8(19)18(9)17-7-3-2-6(10(12)16-7)11(13,14)15/h2-5,9H,1H3,(H,16,17). The van der Waals surface area contributed by atoms with Crippen molar-refractivity contribution < 1.29 is 22.7 Å². The zero-order chi connectivity index (χ0) is 14.9. The molecule has 0 saturated carbocycles. The Labute approximate surface area is 117 Å². The molecule has 0 radical (unpaired) electrons. The summed E-state index contributed by atoms with van der Waals surface area (Å²) >= 11 is 5.48. The molecule has 1 aliphatic heterocycles. The fourth-order valence-corrected chi connectivity index (χ4v) is 1.85. The Morgan fingerprint density at radius 1 is 1.45 bits per heavy atom. The summed E-state index contributed by atoms with van der Waals surface area (Å²) in [7, 11) is 1.38. The van der Waals surface area contributed by atoms with Crippen molar-refractivity contribution in [1.29, 1.82) is 0 Å². The maximum absolute atomic E-state index is 12.5. The van der Waals surface area contributed by atoms with Gasteiger partial charge in [-0.25, -0.2) is 9.99 Å². The van der Waals surface area contributed by atoms with Crippen molar-refractivity contribution in [2.45, 2.75) is 12.4 Å². The van der Waals surface area contributed by atoms with Crippen LogP contribution in [0.5, 0.6) is 0 Å². The quantitative estimate of drug-likeness (QED) is 0.872. The summed E-state index contributed by atoms with van der Waals surface area (Å²) in [5.41, 5.74) is 1.50. The Bertz CT molecular complexity index is 562. The van der Waals surface area contributed by atoms with Crippen LogP contribution in [0.15, 0.2) is 24.3 Å². The summed E-state index contributed by atoms with van der Waals surface area (Å²) < 4.78 is 42.6. The van der Waals surface area contributed by atoms with Crippen molar-refractivity contribution in [2.75, 3.05) is 12.5 Å². The fourth-order valence-electron chi connectivity index (χ4n) is 1.59. The number of hydrogen-bond acceptors (Lipinski definition) is 4. The summed E-state index contributed by atoms with van der Waals surface area (Å²) in [6, 6.07) is 1.86. The third-order valence-electron chi connectivity index (χ3n) is 2.53. The number of carbonyl (C=O) groups excluding carboxylic acids is 1. The van der Waals surface area contributed by atoms with Crippen molar-refractivity contribution in [3.05, 3.63) is 35.0 Å². The molecule has 0 saturated heterocycles. The molecule has 1 unspecified atom stereocenters. The number of ether oxygens (including phenoxy) is 1. The SMILES string of the molecule is COC1C=CC(=O)N1Nc1ccc(C(F)(F)F)c(Cl)n1. The minimum Gasteiger partial charge on any atom is -0.356 e. The Morgan fingerprint density at radius 2 is 2.15 bits per heavy atom. The molecule has 20 heavy (non-hydrogen) atoms. The molecule has 1 aromatic rings.